The maximum Gasteiger partial charge on any atom is 0.469 e. The second-order valence-corrected chi connectivity index (χ2v) is 13.1. The van der Waals surface area contributed by atoms with Crippen molar-refractivity contribution in [2.45, 2.75) is 161 Å². The van der Waals surface area contributed by atoms with Gasteiger partial charge < -0.3 is 19.3 Å². The third-order valence-electron chi connectivity index (χ3n) is 7.36. The first kappa shape index (κ1) is 44.0. The van der Waals surface area contributed by atoms with Crippen LogP contribution in [0.15, 0.2) is 48.6 Å². The molecule has 0 amide bonds. The number of rotatable bonds is 32. The van der Waals surface area contributed by atoms with Crippen LogP contribution in [0, 0.1) is 0 Å². The molecule has 0 aromatic rings. The van der Waals surface area contributed by atoms with Gasteiger partial charge in [-0.3, -0.25) is 14.1 Å². The predicted octanol–water partition coefficient (Wildman–Crippen LogP) is 10.4. The van der Waals surface area contributed by atoms with Gasteiger partial charge in [0.25, 0.3) is 0 Å². The lowest BCUT2D eigenvalue weighted by molar-refractivity contribution is -0.161. The highest BCUT2D eigenvalue weighted by atomic mass is 31.2. The van der Waals surface area contributed by atoms with Gasteiger partial charge in [-0.15, -0.1) is 0 Å². The van der Waals surface area contributed by atoms with Crippen LogP contribution < -0.4 is 0 Å². The zero-order valence-electron chi connectivity index (χ0n) is 29.0. The smallest absolute Gasteiger partial charge is 0.462 e. The van der Waals surface area contributed by atoms with Gasteiger partial charge in [0.15, 0.2) is 6.10 Å². The van der Waals surface area contributed by atoms with E-state index in [1.54, 1.807) is 0 Å². The molecule has 0 saturated carbocycles. The summed E-state index contributed by atoms with van der Waals surface area (Å²) in [4.78, 5) is 42.6. The van der Waals surface area contributed by atoms with Crippen LogP contribution in [0.3, 0.4) is 0 Å². The molecule has 0 rings (SSSR count). The molecule has 8 nitrogen and oxygen atoms in total. The van der Waals surface area contributed by atoms with Crippen LogP contribution in [-0.4, -0.2) is 41.0 Å². The SMILES string of the molecule is CC/C=C\C/C=C\C/C=C\C/C=C\CCCCCCC(=O)OC(COC(=O)CCCCCCCCCCCCC)COP(=O)(O)O. The van der Waals surface area contributed by atoms with E-state index in [4.69, 9.17) is 19.3 Å². The Morgan fingerprint density at radius 3 is 1.57 bits per heavy atom. The second-order valence-electron chi connectivity index (χ2n) is 11.8. The van der Waals surface area contributed by atoms with Crippen molar-refractivity contribution in [1.29, 1.82) is 0 Å². The Morgan fingerprint density at radius 1 is 0.587 bits per heavy atom. The van der Waals surface area contributed by atoms with Gasteiger partial charge in [-0.05, 0) is 51.4 Å². The van der Waals surface area contributed by atoms with Crippen LogP contribution in [0.2, 0.25) is 0 Å². The number of phosphoric ester groups is 1. The van der Waals surface area contributed by atoms with E-state index < -0.39 is 32.5 Å². The summed E-state index contributed by atoms with van der Waals surface area (Å²) in [6.45, 7) is 3.52. The molecule has 0 aliphatic heterocycles. The molecule has 0 aromatic heterocycles. The normalized spacial score (nSPS) is 13.0. The maximum absolute atomic E-state index is 12.3. The highest BCUT2D eigenvalue weighted by Gasteiger charge is 2.22. The number of hydrogen-bond acceptors (Lipinski definition) is 6. The number of allylic oxidation sites excluding steroid dienone is 8. The lowest BCUT2D eigenvalue weighted by atomic mass is 10.1. The van der Waals surface area contributed by atoms with Gasteiger partial charge in [0, 0.05) is 12.8 Å². The molecule has 46 heavy (non-hydrogen) atoms. The highest BCUT2D eigenvalue weighted by Crippen LogP contribution is 2.36. The molecule has 1 unspecified atom stereocenters. The molecular weight excluding hydrogens is 603 g/mol. The van der Waals surface area contributed by atoms with E-state index in [9.17, 15) is 14.2 Å². The van der Waals surface area contributed by atoms with E-state index in [0.717, 1.165) is 70.6 Å². The number of hydrogen-bond donors (Lipinski definition) is 2. The third kappa shape index (κ3) is 34.9. The third-order valence-corrected chi connectivity index (χ3v) is 7.85. The molecular formula is C37H65O8P. The van der Waals surface area contributed by atoms with E-state index >= 15 is 0 Å². The van der Waals surface area contributed by atoms with Crippen molar-refractivity contribution < 1.29 is 37.9 Å². The maximum atomic E-state index is 12.3. The van der Waals surface area contributed by atoms with Gasteiger partial charge in [-0.25, -0.2) is 4.57 Å². The first-order valence-corrected chi connectivity index (χ1v) is 19.5. The van der Waals surface area contributed by atoms with Gasteiger partial charge in [0.05, 0.1) is 6.61 Å². The fraction of sp³-hybridized carbons (Fsp3) is 0.730. The van der Waals surface area contributed by atoms with Crippen molar-refractivity contribution in [3.63, 3.8) is 0 Å². The molecule has 1 atom stereocenters. The monoisotopic (exact) mass is 668 g/mol. The van der Waals surface area contributed by atoms with Gasteiger partial charge in [0.2, 0.25) is 0 Å². The first-order chi connectivity index (χ1) is 22.3. The lowest BCUT2D eigenvalue weighted by Crippen LogP contribution is -2.29. The Hall–Kier alpha value is -1.99. The van der Waals surface area contributed by atoms with Gasteiger partial charge >= 0.3 is 19.8 Å². The number of ether oxygens (including phenoxy) is 2. The molecule has 0 saturated heterocycles. The summed E-state index contributed by atoms with van der Waals surface area (Å²) in [6.07, 6.45) is 38.3. The fourth-order valence-corrected chi connectivity index (χ4v) is 5.08. The number of esters is 2. The Kier molecular flexibility index (Phi) is 31.5. The summed E-state index contributed by atoms with van der Waals surface area (Å²) in [5.41, 5.74) is 0. The topological polar surface area (TPSA) is 119 Å². The van der Waals surface area contributed by atoms with Crippen molar-refractivity contribution in [2.75, 3.05) is 13.2 Å². The molecule has 0 aliphatic rings. The zero-order chi connectivity index (χ0) is 34.0. The van der Waals surface area contributed by atoms with E-state index in [2.05, 4.69) is 67.0 Å². The summed E-state index contributed by atoms with van der Waals surface area (Å²) in [6, 6.07) is 0. The predicted molar refractivity (Wildman–Crippen MR) is 188 cm³/mol. The second kappa shape index (κ2) is 32.9. The van der Waals surface area contributed by atoms with Crippen molar-refractivity contribution in [1.82, 2.24) is 0 Å². The van der Waals surface area contributed by atoms with Crippen LogP contribution >= 0.6 is 7.82 Å². The standard InChI is InChI=1S/C37H65O8P/c1-3-5-7-9-11-13-15-16-17-18-19-20-22-24-26-28-30-32-37(39)45-35(34-44-46(40,41)42)33-43-36(38)31-29-27-25-23-21-14-12-10-8-6-4-2/h5,7,11,13,16-17,19-20,35H,3-4,6,8-10,12,14-15,18,21-34H2,1-2H3,(H2,40,41,42)/b7-5-,13-11-,17-16-,20-19-. The van der Waals surface area contributed by atoms with E-state index in [1.165, 1.54) is 51.4 Å². The Balaban J connectivity index is 4.05. The van der Waals surface area contributed by atoms with Crippen LogP contribution in [0.5, 0.6) is 0 Å². The molecule has 0 aromatic carbocycles. The van der Waals surface area contributed by atoms with E-state index in [-0.39, 0.29) is 19.4 Å². The Labute approximate surface area is 280 Å². The molecule has 0 radical (unpaired) electrons. The lowest BCUT2D eigenvalue weighted by Gasteiger charge is -2.18. The van der Waals surface area contributed by atoms with E-state index in [1.807, 2.05) is 0 Å². The average Bonchev–Trinajstić information content (AvgIpc) is 3.02. The largest absolute Gasteiger partial charge is 0.469 e. The minimum atomic E-state index is -4.75. The zero-order valence-corrected chi connectivity index (χ0v) is 29.9. The Morgan fingerprint density at radius 2 is 1.04 bits per heavy atom. The molecule has 266 valence electrons. The van der Waals surface area contributed by atoms with Gasteiger partial charge in [-0.2, -0.15) is 0 Å². The molecule has 0 heterocycles. The summed E-state index contributed by atoms with van der Waals surface area (Å²) in [7, 11) is -4.75. The Bertz CT molecular complexity index is 890. The van der Waals surface area contributed by atoms with Crippen molar-refractivity contribution in [3.8, 4) is 0 Å². The molecule has 2 N–H and O–H groups in total. The summed E-state index contributed by atoms with van der Waals surface area (Å²) in [5.74, 6) is -0.916. The van der Waals surface area contributed by atoms with Crippen LogP contribution in [-0.2, 0) is 28.2 Å². The highest BCUT2D eigenvalue weighted by molar-refractivity contribution is 7.46. The number of carbonyl (C=O) groups is 2. The van der Waals surface area contributed by atoms with Crippen LogP contribution in [0.1, 0.15) is 155 Å². The summed E-state index contributed by atoms with van der Waals surface area (Å²) >= 11 is 0. The number of unbranched alkanes of at least 4 members (excludes halogenated alkanes) is 14. The average molecular weight is 669 g/mol. The van der Waals surface area contributed by atoms with Crippen molar-refractivity contribution >= 4 is 19.8 Å². The fourth-order valence-electron chi connectivity index (χ4n) is 4.72. The summed E-state index contributed by atoms with van der Waals surface area (Å²) < 4.78 is 26.2. The first-order valence-electron chi connectivity index (χ1n) is 17.9. The number of carbonyl (C=O) groups excluding carboxylic acids is 2. The van der Waals surface area contributed by atoms with Crippen molar-refractivity contribution in [2.24, 2.45) is 0 Å². The van der Waals surface area contributed by atoms with Gasteiger partial charge in [0.1, 0.15) is 6.61 Å². The molecule has 0 bridgehead atoms. The minimum Gasteiger partial charge on any atom is -0.462 e. The summed E-state index contributed by atoms with van der Waals surface area (Å²) in [5, 5.41) is 0. The quantitative estimate of drug-likeness (QED) is 0.0315. The molecule has 0 aliphatic carbocycles. The van der Waals surface area contributed by atoms with E-state index in [0.29, 0.717) is 6.42 Å². The molecule has 9 heteroatoms. The van der Waals surface area contributed by atoms with Gasteiger partial charge in [-0.1, -0.05) is 140 Å². The molecule has 0 fully saturated rings. The number of phosphoric acid groups is 1. The van der Waals surface area contributed by atoms with Crippen molar-refractivity contribution in [3.05, 3.63) is 48.6 Å². The minimum absolute atomic E-state index is 0.184. The van der Waals surface area contributed by atoms with Crippen LogP contribution in [0.4, 0.5) is 0 Å². The van der Waals surface area contributed by atoms with Crippen LogP contribution in [0.25, 0.3) is 0 Å². The molecule has 0 spiro atoms.